The highest BCUT2D eigenvalue weighted by Crippen LogP contribution is 2.26. The molecule has 0 spiro atoms. The molecule has 76 valence electrons. The van der Waals surface area contributed by atoms with Gasteiger partial charge in [0.05, 0.1) is 0 Å². The van der Waals surface area contributed by atoms with Gasteiger partial charge in [0.2, 0.25) is 0 Å². The predicted molar refractivity (Wildman–Crippen MR) is 59.5 cm³/mol. The third-order valence-electron chi connectivity index (χ3n) is 2.36. The van der Waals surface area contributed by atoms with E-state index in [9.17, 15) is 4.79 Å². The highest BCUT2D eigenvalue weighted by Gasteiger charge is 2.16. The minimum Gasteiger partial charge on any atom is -0.303 e. The molecule has 0 saturated heterocycles. The standard InChI is InChI=1S/C13H18O/c1-13(2,3)12-9-5-4-7-11(12)8-6-10-14/h4-5,7,9-10H,6,8H2,1-3H3. The Labute approximate surface area is 86.1 Å². The Kier molecular flexibility index (Phi) is 3.45. The van der Waals surface area contributed by atoms with Crippen molar-refractivity contribution >= 4 is 6.29 Å². The molecule has 0 atom stereocenters. The number of aryl methyl sites for hydroxylation is 1. The van der Waals surface area contributed by atoms with Crippen molar-refractivity contribution in [1.29, 1.82) is 0 Å². The lowest BCUT2D eigenvalue weighted by Gasteiger charge is -2.22. The van der Waals surface area contributed by atoms with Crippen LogP contribution >= 0.6 is 0 Å². The highest BCUT2D eigenvalue weighted by atomic mass is 16.1. The summed E-state index contributed by atoms with van der Waals surface area (Å²) in [7, 11) is 0. The molecule has 0 amide bonds. The molecule has 0 heterocycles. The Hall–Kier alpha value is -1.11. The summed E-state index contributed by atoms with van der Waals surface area (Å²) < 4.78 is 0. The van der Waals surface area contributed by atoms with Crippen LogP contribution < -0.4 is 0 Å². The molecular formula is C13H18O. The number of benzene rings is 1. The average molecular weight is 190 g/mol. The van der Waals surface area contributed by atoms with E-state index >= 15 is 0 Å². The zero-order chi connectivity index (χ0) is 10.6. The predicted octanol–water partition coefficient (Wildman–Crippen LogP) is 3.12. The van der Waals surface area contributed by atoms with Crippen molar-refractivity contribution in [1.82, 2.24) is 0 Å². The Morgan fingerprint density at radius 1 is 1.21 bits per heavy atom. The summed E-state index contributed by atoms with van der Waals surface area (Å²) in [5.74, 6) is 0. The van der Waals surface area contributed by atoms with Gasteiger partial charge in [0.1, 0.15) is 6.29 Å². The maximum atomic E-state index is 10.3. The summed E-state index contributed by atoms with van der Waals surface area (Å²) in [6.45, 7) is 6.60. The third kappa shape index (κ3) is 2.69. The summed E-state index contributed by atoms with van der Waals surface area (Å²) in [5.41, 5.74) is 2.81. The maximum Gasteiger partial charge on any atom is 0.120 e. The largest absolute Gasteiger partial charge is 0.303 e. The van der Waals surface area contributed by atoms with Gasteiger partial charge in [-0.1, -0.05) is 45.0 Å². The van der Waals surface area contributed by atoms with Crippen LogP contribution in [0.4, 0.5) is 0 Å². The Bertz CT molecular complexity index is 307. The first kappa shape index (κ1) is 11.0. The molecule has 0 saturated carbocycles. The molecule has 14 heavy (non-hydrogen) atoms. The topological polar surface area (TPSA) is 17.1 Å². The van der Waals surface area contributed by atoms with E-state index in [-0.39, 0.29) is 5.41 Å². The van der Waals surface area contributed by atoms with Crippen molar-refractivity contribution in [3.05, 3.63) is 35.4 Å². The fourth-order valence-corrected chi connectivity index (χ4v) is 1.68. The number of aldehydes is 1. The zero-order valence-corrected chi connectivity index (χ0v) is 9.21. The van der Waals surface area contributed by atoms with Gasteiger partial charge in [-0.3, -0.25) is 0 Å². The van der Waals surface area contributed by atoms with E-state index in [2.05, 4.69) is 39.0 Å². The van der Waals surface area contributed by atoms with E-state index in [0.29, 0.717) is 6.42 Å². The zero-order valence-electron chi connectivity index (χ0n) is 9.21. The molecule has 0 aliphatic heterocycles. The Morgan fingerprint density at radius 3 is 2.43 bits per heavy atom. The van der Waals surface area contributed by atoms with E-state index in [1.165, 1.54) is 11.1 Å². The average Bonchev–Trinajstić information content (AvgIpc) is 2.14. The Balaban J connectivity index is 2.97. The van der Waals surface area contributed by atoms with Crippen LogP contribution in [0, 0.1) is 0 Å². The van der Waals surface area contributed by atoms with Crippen molar-refractivity contribution in [2.75, 3.05) is 0 Å². The second kappa shape index (κ2) is 4.41. The van der Waals surface area contributed by atoms with Crippen LogP contribution in [-0.2, 0) is 16.6 Å². The molecule has 1 aromatic carbocycles. The van der Waals surface area contributed by atoms with Gasteiger partial charge in [-0.05, 0) is 23.0 Å². The normalized spacial score (nSPS) is 11.4. The van der Waals surface area contributed by atoms with Gasteiger partial charge in [-0.25, -0.2) is 0 Å². The lowest BCUT2D eigenvalue weighted by atomic mass is 9.83. The number of hydrogen-bond acceptors (Lipinski definition) is 1. The van der Waals surface area contributed by atoms with E-state index < -0.39 is 0 Å². The van der Waals surface area contributed by atoms with Gasteiger partial charge in [-0.15, -0.1) is 0 Å². The number of hydrogen-bond donors (Lipinski definition) is 0. The fourth-order valence-electron chi connectivity index (χ4n) is 1.68. The molecular weight excluding hydrogens is 172 g/mol. The summed E-state index contributed by atoms with van der Waals surface area (Å²) in [4.78, 5) is 10.3. The van der Waals surface area contributed by atoms with Crippen molar-refractivity contribution in [2.24, 2.45) is 0 Å². The van der Waals surface area contributed by atoms with E-state index in [1.54, 1.807) is 0 Å². The van der Waals surface area contributed by atoms with Crippen LogP contribution in [0.15, 0.2) is 24.3 Å². The lowest BCUT2D eigenvalue weighted by molar-refractivity contribution is -0.107. The summed E-state index contributed by atoms with van der Waals surface area (Å²) in [6, 6.07) is 8.37. The first-order chi connectivity index (χ1) is 6.55. The van der Waals surface area contributed by atoms with Gasteiger partial charge in [0.15, 0.2) is 0 Å². The first-order valence-electron chi connectivity index (χ1n) is 5.07. The molecule has 0 unspecified atom stereocenters. The van der Waals surface area contributed by atoms with Gasteiger partial charge < -0.3 is 4.79 Å². The molecule has 0 N–H and O–H groups in total. The highest BCUT2D eigenvalue weighted by molar-refractivity contribution is 5.50. The molecule has 1 nitrogen and oxygen atoms in total. The van der Waals surface area contributed by atoms with Crippen LogP contribution in [0.25, 0.3) is 0 Å². The molecule has 1 rings (SSSR count). The second-order valence-electron chi connectivity index (χ2n) is 4.61. The molecule has 0 aromatic heterocycles. The maximum absolute atomic E-state index is 10.3. The number of rotatable bonds is 3. The van der Waals surface area contributed by atoms with Crippen molar-refractivity contribution in [3.63, 3.8) is 0 Å². The van der Waals surface area contributed by atoms with Crippen LogP contribution in [0.3, 0.4) is 0 Å². The van der Waals surface area contributed by atoms with Crippen LogP contribution in [0.5, 0.6) is 0 Å². The van der Waals surface area contributed by atoms with Crippen LogP contribution in [-0.4, -0.2) is 6.29 Å². The quantitative estimate of drug-likeness (QED) is 0.669. The van der Waals surface area contributed by atoms with E-state index in [1.807, 2.05) is 6.07 Å². The van der Waals surface area contributed by atoms with Crippen molar-refractivity contribution in [2.45, 2.75) is 39.0 Å². The van der Waals surface area contributed by atoms with Crippen LogP contribution in [0.2, 0.25) is 0 Å². The molecule has 1 aromatic rings. The monoisotopic (exact) mass is 190 g/mol. The number of carbonyl (C=O) groups excluding carboxylic acids is 1. The molecule has 0 bridgehead atoms. The van der Waals surface area contributed by atoms with Gasteiger partial charge >= 0.3 is 0 Å². The second-order valence-corrected chi connectivity index (χ2v) is 4.61. The molecule has 0 radical (unpaired) electrons. The SMILES string of the molecule is CC(C)(C)c1ccccc1CCC=O. The summed E-state index contributed by atoms with van der Waals surface area (Å²) in [5, 5.41) is 0. The molecule has 0 aliphatic rings. The molecule has 1 heteroatoms. The van der Waals surface area contributed by atoms with Crippen LogP contribution in [0.1, 0.15) is 38.3 Å². The van der Waals surface area contributed by atoms with Crippen molar-refractivity contribution < 1.29 is 4.79 Å². The molecule has 0 aliphatic carbocycles. The first-order valence-corrected chi connectivity index (χ1v) is 5.07. The smallest absolute Gasteiger partial charge is 0.120 e. The van der Waals surface area contributed by atoms with Gasteiger partial charge in [0.25, 0.3) is 0 Å². The molecule has 0 fully saturated rings. The summed E-state index contributed by atoms with van der Waals surface area (Å²) in [6.07, 6.45) is 2.46. The minimum absolute atomic E-state index is 0.166. The minimum atomic E-state index is 0.166. The van der Waals surface area contributed by atoms with Gasteiger partial charge in [-0.2, -0.15) is 0 Å². The van der Waals surface area contributed by atoms with Crippen molar-refractivity contribution in [3.8, 4) is 0 Å². The summed E-state index contributed by atoms with van der Waals surface area (Å²) >= 11 is 0. The van der Waals surface area contributed by atoms with Gasteiger partial charge in [0, 0.05) is 6.42 Å². The number of carbonyl (C=O) groups is 1. The Morgan fingerprint density at radius 2 is 1.86 bits per heavy atom. The van der Waals surface area contributed by atoms with E-state index in [0.717, 1.165) is 12.7 Å². The third-order valence-corrected chi connectivity index (χ3v) is 2.36. The lowest BCUT2D eigenvalue weighted by Crippen LogP contribution is -2.14. The van der Waals surface area contributed by atoms with E-state index in [4.69, 9.17) is 0 Å². The fraction of sp³-hybridized carbons (Fsp3) is 0.462.